The number of piperazine rings is 1. The minimum Gasteiger partial charge on any atom is -0.497 e. The molecule has 0 atom stereocenters. The molecule has 1 saturated heterocycles. The Morgan fingerprint density at radius 3 is 2.29 bits per heavy atom. The number of carbonyl (C=O) groups excluding carboxylic acids is 2. The van der Waals surface area contributed by atoms with Crippen LogP contribution >= 0.6 is 0 Å². The molecule has 1 aliphatic rings. The Morgan fingerprint density at radius 2 is 1.65 bits per heavy atom. The van der Waals surface area contributed by atoms with Gasteiger partial charge in [-0.15, -0.1) is 0 Å². The lowest BCUT2D eigenvalue weighted by Crippen LogP contribution is -2.47. The van der Waals surface area contributed by atoms with E-state index >= 15 is 0 Å². The van der Waals surface area contributed by atoms with Gasteiger partial charge in [0, 0.05) is 44.1 Å². The zero-order chi connectivity index (χ0) is 22.2. The van der Waals surface area contributed by atoms with Crippen molar-refractivity contribution in [3.63, 3.8) is 0 Å². The number of anilines is 2. The molecule has 31 heavy (non-hydrogen) atoms. The van der Waals surface area contributed by atoms with Crippen molar-refractivity contribution in [2.45, 2.75) is 20.3 Å². The first-order valence-electron chi connectivity index (χ1n) is 10.7. The highest BCUT2D eigenvalue weighted by molar-refractivity contribution is 6.39. The van der Waals surface area contributed by atoms with Gasteiger partial charge in [-0.2, -0.15) is 0 Å². The molecule has 166 valence electrons. The van der Waals surface area contributed by atoms with E-state index in [0.29, 0.717) is 12.2 Å². The number of benzene rings is 2. The summed E-state index contributed by atoms with van der Waals surface area (Å²) in [7, 11) is 1.67. The lowest BCUT2D eigenvalue weighted by Gasteiger charge is -2.36. The van der Waals surface area contributed by atoms with E-state index in [4.69, 9.17) is 4.74 Å². The smallest absolute Gasteiger partial charge is 0.313 e. The van der Waals surface area contributed by atoms with Crippen molar-refractivity contribution in [3.8, 4) is 5.75 Å². The van der Waals surface area contributed by atoms with E-state index in [2.05, 4.69) is 32.6 Å². The Balaban J connectivity index is 1.33. The van der Waals surface area contributed by atoms with Gasteiger partial charge in [-0.05, 0) is 74.3 Å². The summed E-state index contributed by atoms with van der Waals surface area (Å²) in [6.45, 7) is 9.26. The molecule has 0 aromatic heterocycles. The van der Waals surface area contributed by atoms with Gasteiger partial charge in [0.1, 0.15) is 5.75 Å². The summed E-state index contributed by atoms with van der Waals surface area (Å²) in [5.74, 6) is -0.356. The van der Waals surface area contributed by atoms with Crippen LogP contribution in [-0.4, -0.2) is 63.1 Å². The lowest BCUT2D eigenvalue weighted by atomic mass is 10.1. The number of nitrogens with one attached hydrogen (secondary N) is 2. The molecule has 2 aromatic carbocycles. The maximum absolute atomic E-state index is 12.1. The molecule has 0 unspecified atom stereocenters. The van der Waals surface area contributed by atoms with Crippen LogP contribution in [0.15, 0.2) is 42.5 Å². The zero-order valence-electron chi connectivity index (χ0n) is 18.6. The van der Waals surface area contributed by atoms with Crippen LogP contribution in [0.25, 0.3) is 0 Å². The molecule has 1 heterocycles. The molecule has 2 aromatic rings. The number of methoxy groups -OCH3 is 1. The van der Waals surface area contributed by atoms with Crippen LogP contribution in [-0.2, 0) is 9.59 Å². The van der Waals surface area contributed by atoms with E-state index in [9.17, 15) is 9.59 Å². The molecule has 0 aliphatic carbocycles. The highest BCUT2D eigenvalue weighted by Crippen LogP contribution is 2.20. The van der Waals surface area contributed by atoms with Crippen LogP contribution in [0, 0.1) is 13.8 Å². The molecular formula is C24H32N4O3. The highest BCUT2D eigenvalue weighted by atomic mass is 16.5. The summed E-state index contributed by atoms with van der Waals surface area (Å²) in [6, 6.07) is 13.8. The minimum absolute atomic E-state index is 0.484. The zero-order valence-corrected chi connectivity index (χ0v) is 18.6. The van der Waals surface area contributed by atoms with Crippen LogP contribution in [0.5, 0.6) is 5.75 Å². The van der Waals surface area contributed by atoms with E-state index in [1.165, 1.54) is 5.69 Å². The molecule has 0 radical (unpaired) electrons. The van der Waals surface area contributed by atoms with E-state index in [1.54, 1.807) is 13.2 Å². The molecule has 3 rings (SSSR count). The third kappa shape index (κ3) is 6.46. The van der Waals surface area contributed by atoms with Gasteiger partial charge in [0.2, 0.25) is 0 Å². The SMILES string of the molecule is COc1ccc(N2CCN(CCCNC(=O)C(=O)Nc3ccc(C)c(C)c3)CC2)cc1. The summed E-state index contributed by atoms with van der Waals surface area (Å²) in [4.78, 5) is 28.9. The number of nitrogens with zero attached hydrogens (tertiary/aromatic N) is 2. The minimum atomic E-state index is -0.628. The number of ether oxygens (including phenoxy) is 1. The second-order valence-corrected chi connectivity index (χ2v) is 7.89. The Labute approximate surface area is 184 Å². The topological polar surface area (TPSA) is 73.9 Å². The number of hydrogen-bond acceptors (Lipinski definition) is 5. The van der Waals surface area contributed by atoms with Crippen molar-refractivity contribution >= 4 is 23.2 Å². The summed E-state index contributed by atoms with van der Waals surface area (Å²) in [5.41, 5.74) is 4.07. The van der Waals surface area contributed by atoms with Crippen molar-refractivity contribution in [2.24, 2.45) is 0 Å². The summed E-state index contributed by atoms with van der Waals surface area (Å²) < 4.78 is 5.22. The second-order valence-electron chi connectivity index (χ2n) is 7.89. The number of hydrogen-bond donors (Lipinski definition) is 2. The fourth-order valence-electron chi connectivity index (χ4n) is 3.61. The third-order valence-corrected chi connectivity index (χ3v) is 5.72. The molecule has 0 saturated carbocycles. The van der Waals surface area contributed by atoms with Crippen molar-refractivity contribution in [3.05, 3.63) is 53.6 Å². The quantitative estimate of drug-likeness (QED) is 0.528. The van der Waals surface area contributed by atoms with Gasteiger partial charge in [-0.1, -0.05) is 6.07 Å². The van der Waals surface area contributed by atoms with Gasteiger partial charge in [0.05, 0.1) is 7.11 Å². The molecule has 1 aliphatic heterocycles. The Morgan fingerprint density at radius 1 is 0.935 bits per heavy atom. The normalized spacial score (nSPS) is 14.2. The Bertz CT molecular complexity index is 890. The molecule has 1 fully saturated rings. The Hall–Kier alpha value is -3.06. The molecule has 2 N–H and O–H groups in total. The predicted molar refractivity (Wildman–Crippen MR) is 124 cm³/mol. The van der Waals surface area contributed by atoms with Crippen LogP contribution in [0.3, 0.4) is 0 Å². The molecule has 0 bridgehead atoms. The molecule has 7 nitrogen and oxygen atoms in total. The van der Waals surface area contributed by atoms with Crippen molar-refractivity contribution in [1.82, 2.24) is 10.2 Å². The summed E-state index contributed by atoms with van der Waals surface area (Å²) in [6.07, 6.45) is 0.811. The van der Waals surface area contributed by atoms with E-state index in [1.807, 2.05) is 38.1 Å². The van der Waals surface area contributed by atoms with Gasteiger partial charge < -0.3 is 20.3 Å². The van der Waals surface area contributed by atoms with Crippen LogP contribution in [0.2, 0.25) is 0 Å². The maximum Gasteiger partial charge on any atom is 0.313 e. The molecular weight excluding hydrogens is 392 g/mol. The van der Waals surface area contributed by atoms with Crippen LogP contribution in [0.4, 0.5) is 11.4 Å². The second kappa shape index (κ2) is 10.8. The van der Waals surface area contributed by atoms with E-state index < -0.39 is 11.8 Å². The third-order valence-electron chi connectivity index (χ3n) is 5.72. The van der Waals surface area contributed by atoms with Gasteiger partial charge in [-0.25, -0.2) is 0 Å². The van der Waals surface area contributed by atoms with E-state index in [-0.39, 0.29) is 0 Å². The van der Waals surface area contributed by atoms with Gasteiger partial charge in [-0.3, -0.25) is 14.5 Å². The van der Waals surface area contributed by atoms with Crippen molar-refractivity contribution < 1.29 is 14.3 Å². The number of rotatable bonds is 7. The average molecular weight is 425 g/mol. The van der Waals surface area contributed by atoms with E-state index in [0.717, 1.165) is 56.0 Å². The largest absolute Gasteiger partial charge is 0.497 e. The molecule has 7 heteroatoms. The van der Waals surface area contributed by atoms with Crippen molar-refractivity contribution in [1.29, 1.82) is 0 Å². The first-order valence-corrected chi connectivity index (χ1v) is 10.7. The molecule has 2 amide bonds. The number of carbonyl (C=O) groups is 2. The van der Waals surface area contributed by atoms with Crippen LogP contribution in [0.1, 0.15) is 17.5 Å². The standard InChI is InChI=1S/C24H32N4O3/c1-18-5-6-20(17-19(18)2)26-24(30)23(29)25-11-4-12-27-13-15-28(16-14-27)21-7-9-22(31-3)10-8-21/h5-10,17H,4,11-16H2,1-3H3,(H,25,29)(H,26,30). The summed E-state index contributed by atoms with van der Waals surface area (Å²) >= 11 is 0. The maximum atomic E-state index is 12.1. The lowest BCUT2D eigenvalue weighted by molar-refractivity contribution is -0.136. The highest BCUT2D eigenvalue weighted by Gasteiger charge is 2.17. The predicted octanol–water partition coefficient (Wildman–Crippen LogP) is 2.58. The fourth-order valence-corrected chi connectivity index (χ4v) is 3.61. The average Bonchev–Trinajstić information content (AvgIpc) is 2.79. The monoisotopic (exact) mass is 424 g/mol. The van der Waals surface area contributed by atoms with Gasteiger partial charge >= 0.3 is 11.8 Å². The van der Waals surface area contributed by atoms with Gasteiger partial charge in [0.25, 0.3) is 0 Å². The van der Waals surface area contributed by atoms with Crippen molar-refractivity contribution in [2.75, 3.05) is 56.6 Å². The van der Waals surface area contributed by atoms with Gasteiger partial charge in [0.15, 0.2) is 0 Å². The summed E-state index contributed by atoms with van der Waals surface area (Å²) in [5, 5.41) is 5.37. The first kappa shape index (κ1) is 22.6. The first-order chi connectivity index (χ1) is 15.0. The number of aryl methyl sites for hydroxylation is 2. The Kier molecular flexibility index (Phi) is 7.89. The fraction of sp³-hybridized carbons (Fsp3) is 0.417. The number of amides is 2. The van der Waals surface area contributed by atoms with Crippen LogP contribution < -0.4 is 20.3 Å². The molecule has 0 spiro atoms.